The van der Waals surface area contributed by atoms with Gasteiger partial charge in [0, 0.05) is 17.3 Å². The molecule has 1 atom stereocenters. The van der Waals surface area contributed by atoms with E-state index in [9.17, 15) is 4.79 Å². The van der Waals surface area contributed by atoms with Crippen molar-refractivity contribution in [1.29, 1.82) is 0 Å². The molecule has 2 aromatic rings. The predicted octanol–water partition coefficient (Wildman–Crippen LogP) is 1.61. The van der Waals surface area contributed by atoms with Gasteiger partial charge in [-0.25, -0.2) is 4.98 Å². The van der Waals surface area contributed by atoms with Crippen LogP contribution in [0, 0.1) is 0 Å². The van der Waals surface area contributed by atoms with Gasteiger partial charge >= 0.3 is 0 Å². The molecule has 5 nitrogen and oxygen atoms in total. The minimum absolute atomic E-state index is 0.134. The fourth-order valence-corrected chi connectivity index (χ4v) is 3.14. The summed E-state index contributed by atoms with van der Waals surface area (Å²) in [5.41, 5.74) is 6.77. The number of hydrogen-bond donors (Lipinski definition) is 2. The molecule has 3 rings (SSSR count). The number of rotatable bonds is 2. The number of amides is 1. The van der Waals surface area contributed by atoms with Crippen molar-refractivity contribution in [3.8, 4) is 0 Å². The molecule has 0 bridgehead atoms. The van der Waals surface area contributed by atoms with E-state index in [0.717, 1.165) is 25.0 Å². The number of hydrogen-bond acceptors (Lipinski definition) is 5. The molecule has 6 heteroatoms. The first-order valence-corrected chi connectivity index (χ1v) is 6.62. The highest BCUT2D eigenvalue weighted by Gasteiger charge is 2.24. The fourth-order valence-electron chi connectivity index (χ4n) is 2.18. The summed E-state index contributed by atoms with van der Waals surface area (Å²) in [4.78, 5) is 17.3. The molecular formula is C12H13N3O2S. The average Bonchev–Trinajstić information content (AvgIpc) is 2.95. The maximum atomic E-state index is 11.8. The maximum Gasteiger partial charge on any atom is 0.287 e. The third kappa shape index (κ3) is 2.11. The number of carbonyl (C=O) groups is 1. The molecule has 94 valence electrons. The van der Waals surface area contributed by atoms with Gasteiger partial charge in [-0.2, -0.15) is 0 Å². The first kappa shape index (κ1) is 11.3. The normalized spacial score (nSPS) is 18.3. The zero-order valence-electron chi connectivity index (χ0n) is 9.68. The Kier molecular flexibility index (Phi) is 2.79. The highest BCUT2D eigenvalue weighted by Crippen LogP contribution is 2.28. The number of aromatic nitrogens is 1. The number of furan rings is 1. The molecule has 18 heavy (non-hydrogen) atoms. The van der Waals surface area contributed by atoms with Crippen molar-refractivity contribution < 1.29 is 9.21 Å². The predicted molar refractivity (Wildman–Crippen MR) is 68.5 cm³/mol. The summed E-state index contributed by atoms with van der Waals surface area (Å²) >= 11 is 1.51. The van der Waals surface area contributed by atoms with Crippen molar-refractivity contribution in [3.63, 3.8) is 0 Å². The molecule has 0 spiro atoms. The van der Waals surface area contributed by atoms with Crippen LogP contribution in [-0.4, -0.2) is 16.9 Å². The van der Waals surface area contributed by atoms with Crippen LogP contribution in [-0.2, 0) is 12.8 Å². The number of nitrogens with zero attached hydrogens (tertiary/aromatic N) is 1. The van der Waals surface area contributed by atoms with E-state index in [2.05, 4.69) is 10.3 Å². The molecule has 2 aromatic heterocycles. The van der Waals surface area contributed by atoms with Crippen molar-refractivity contribution in [2.45, 2.75) is 25.3 Å². The van der Waals surface area contributed by atoms with Crippen LogP contribution in [0.15, 0.2) is 22.8 Å². The van der Waals surface area contributed by atoms with Gasteiger partial charge in [0.05, 0.1) is 12.0 Å². The first-order chi connectivity index (χ1) is 8.72. The van der Waals surface area contributed by atoms with Gasteiger partial charge in [0.2, 0.25) is 0 Å². The van der Waals surface area contributed by atoms with Crippen molar-refractivity contribution in [2.24, 2.45) is 0 Å². The smallest absolute Gasteiger partial charge is 0.287 e. The van der Waals surface area contributed by atoms with Gasteiger partial charge in [0.1, 0.15) is 0 Å². The number of anilines is 1. The van der Waals surface area contributed by atoms with Gasteiger partial charge in [-0.05, 0) is 25.0 Å². The van der Waals surface area contributed by atoms with Crippen LogP contribution in [0.1, 0.15) is 27.5 Å². The van der Waals surface area contributed by atoms with Crippen LogP contribution in [0.5, 0.6) is 0 Å². The van der Waals surface area contributed by atoms with E-state index >= 15 is 0 Å². The molecular weight excluding hydrogens is 250 g/mol. The van der Waals surface area contributed by atoms with Gasteiger partial charge in [-0.15, -0.1) is 11.3 Å². The van der Waals surface area contributed by atoms with Gasteiger partial charge in [-0.3, -0.25) is 4.79 Å². The quantitative estimate of drug-likeness (QED) is 0.862. The summed E-state index contributed by atoms with van der Waals surface area (Å²) in [7, 11) is 0. The molecule has 0 unspecified atom stereocenters. The first-order valence-electron chi connectivity index (χ1n) is 5.81. The SMILES string of the molecule is Nc1nc2c(s1)C[C@@H](NC(=O)c1ccco1)CC2. The lowest BCUT2D eigenvalue weighted by Gasteiger charge is -2.21. The van der Waals surface area contributed by atoms with Gasteiger partial charge in [0.15, 0.2) is 10.9 Å². The van der Waals surface area contributed by atoms with Gasteiger partial charge in [0.25, 0.3) is 5.91 Å². The zero-order chi connectivity index (χ0) is 12.5. The number of nitrogens with one attached hydrogen (secondary N) is 1. The van der Waals surface area contributed by atoms with Crippen LogP contribution in [0.3, 0.4) is 0 Å². The monoisotopic (exact) mass is 263 g/mol. The van der Waals surface area contributed by atoms with E-state index in [1.807, 2.05) is 0 Å². The third-order valence-corrected chi connectivity index (χ3v) is 3.99. The summed E-state index contributed by atoms with van der Waals surface area (Å²) in [6, 6.07) is 3.50. The lowest BCUT2D eigenvalue weighted by molar-refractivity contribution is 0.0905. The summed E-state index contributed by atoms with van der Waals surface area (Å²) in [5.74, 6) is 0.190. The Morgan fingerprint density at radius 3 is 3.28 bits per heavy atom. The average molecular weight is 263 g/mol. The summed E-state index contributed by atoms with van der Waals surface area (Å²) in [6.45, 7) is 0. The lowest BCUT2D eigenvalue weighted by Crippen LogP contribution is -2.38. The Hall–Kier alpha value is -1.82. The molecule has 3 N–H and O–H groups in total. The Morgan fingerprint density at radius 1 is 1.61 bits per heavy atom. The second kappa shape index (κ2) is 4.45. The molecule has 0 radical (unpaired) electrons. The zero-order valence-corrected chi connectivity index (χ0v) is 10.5. The summed E-state index contributed by atoms with van der Waals surface area (Å²) < 4.78 is 5.07. The Morgan fingerprint density at radius 2 is 2.50 bits per heavy atom. The molecule has 2 heterocycles. The molecule has 0 aliphatic heterocycles. The van der Waals surface area contributed by atoms with E-state index in [1.54, 1.807) is 12.1 Å². The molecule has 0 fully saturated rings. The van der Waals surface area contributed by atoms with Crippen molar-refractivity contribution in [2.75, 3.05) is 5.73 Å². The summed E-state index contributed by atoms with van der Waals surface area (Å²) in [5, 5.41) is 3.59. The third-order valence-electron chi connectivity index (χ3n) is 3.04. The van der Waals surface area contributed by atoms with E-state index in [0.29, 0.717) is 10.9 Å². The number of nitrogen functional groups attached to an aromatic ring is 1. The van der Waals surface area contributed by atoms with E-state index in [-0.39, 0.29) is 11.9 Å². The molecule has 1 amide bonds. The van der Waals surface area contributed by atoms with Crippen molar-refractivity contribution >= 4 is 22.4 Å². The largest absolute Gasteiger partial charge is 0.459 e. The van der Waals surface area contributed by atoms with E-state index in [4.69, 9.17) is 10.2 Å². The second-order valence-electron chi connectivity index (χ2n) is 4.31. The number of fused-ring (bicyclic) bond motifs is 1. The van der Waals surface area contributed by atoms with E-state index in [1.165, 1.54) is 22.5 Å². The standard InChI is InChI=1S/C12H13N3O2S/c13-12-15-8-4-3-7(6-10(8)18-12)14-11(16)9-2-1-5-17-9/h1-2,5,7H,3-4,6H2,(H2,13,15)(H,14,16)/t7-/m0/s1. The molecule has 0 saturated heterocycles. The second-order valence-corrected chi connectivity index (χ2v) is 5.43. The van der Waals surface area contributed by atoms with Crippen LogP contribution in [0.25, 0.3) is 0 Å². The Bertz CT molecular complexity index is 562. The number of aryl methyl sites for hydroxylation is 1. The van der Waals surface area contributed by atoms with Crippen molar-refractivity contribution in [1.82, 2.24) is 10.3 Å². The van der Waals surface area contributed by atoms with Crippen LogP contribution < -0.4 is 11.1 Å². The number of nitrogens with two attached hydrogens (primary N) is 1. The summed E-state index contributed by atoms with van der Waals surface area (Å²) in [6.07, 6.45) is 4.06. The Balaban J connectivity index is 1.68. The maximum absolute atomic E-state index is 11.8. The van der Waals surface area contributed by atoms with E-state index < -0.39 is 0 Å². The minimum atomic E-state index is -0.161. The molecule has 1 aliphatic carbocycles. The molecule has 1 aliphatic rings. The fraction of sp³-hybridized carbons (Fsp3) is 0.333. The highest BCUT2D eigenvalue weighted by molar-refractivity contribution is 7.15. The number of thiazole rings is 1. The Labute approximate surface area is 108 Å². The van der Waals surface area contributed by atoms with Gasteiger partial charge in [-0.1, -0.05) is 0 Å². The minimum Gasteiger partial charge on any atom is -0.459 e. The highest BCUT2D eigenvalue weighted by atomic mass is 32.1. The molecule has 0 aromatic carbocycles. The van der Waals surface area contributed by atoms with Crippen LogP contribution >= 0.6 is 11.3 Å². The van der Waals surface area contributed by atoms with Crippen LogP contribution in [0.2, 0.25) is 0 Å². The van der Waals surface area contributed by atoms with Crippen LogP contribution in [0.4, 0.5) is 5.13 Å². The lowest BCUT2D eigenvalue weighted by atomic mass is 9.97. The number of carbonyl (C=O) groups excluding carboxylic acids is 1. The van der Waals surface area contributed by atoms with Gasteiger partial charge < -0.3 is 15.5 Å². The van der Waals surface area contributed by atoms with Crippen molar-refractivity contribution in [3.05, 3.63) is 34.7 Å². The topological polar surface area (TPSA) is 81.1 Å². The molecule has 0 saturated carbocycles.